The molecule has 2 rings (SSSR count). The molecule has 23 heavy (non-hydrogen) atoms. The van der Waals surface area contributed by atoms with Crippen LogP contribution < -0.4 is 5.32 Å². The van der Waals surface area contributed by atoms with E-state index in [4.69, 9.17) is 0 Å². The van der Waals surface area contributed by atoms with Gasteiger partial charge < -0.3 is 10.4 Å². The van der Waals surface area contributed by atoms with Crippen molar-refractivity contribution in [3.8, 4) is 0 Å². The van der Waals surface area contributed by atoms with Crippen molar-refractivity contribution < 1.29 is 14.7 Å². The molecule has 0 aliphatic heterocycles. The third-order valence-electron chi connectivity index (χ3n) is 3.17. The number of amides is 1. The fourth-order valence-corrected chi connectivity index (χ4v) is 2.40. The Balaban J connectivity index is 2.00. The molecule has 0 radical (unpaired) electrons. The number of aliphatic carboxylic acids is 1. The zero-order valence-corrected chi connectivity index (χ0v) is 13.9. The first-order chi connectivity index (χ1) is 11.1. The van der Waals surface area contributed by atoms with Gasteiger partial charge in [0.25, 0.3) is 5.91 Å². The van der Waals surface area contributed by atoms with Crippen LogP contribution in [0.25, 0.3) is 6.08 Å². The number of carboxylic acid groups (broad SMARTS) is 1. The molecule has 0 aliphatic rings. The summed E-state index contributed by atoms with van der Waals surface area (Å²) in [5.74, 6) is -1.47. The van der Waals surface area contributed by atoms with Crippen molar-refractivity contribution in [2.75, 3.05) is 0 Å². The molecule has 0 aliphatic carbocycles. The summed E-state index contributed by atoms with van der Waals surface area (Å²) in [5.41, 5.74) is 1.40. The minimum Gasteiger partial charge on any atom is -0.480 e. The predicted octanol–water partition coefficient (Wildman–Crippen LogP) is 3.74. The minimum atomic E-state index is -1.06. The summed E-state index contributed by atoms with van der Waals surface area (Å²) in [6.07, 6.45) is 3.79. The molecule has 0 bridgehead atoms. The molecule has 0 aromatic heterocycles. The highest BCUT2D eigenvalue weighted by Crippen LogP contribution is 2.12. The number of nitrogens with one attached hydrogen (secondary N) is 1. The van der Waals surface area contributed by atoms with Crippen LogP contribution in [0.2, 0.25) is 0 Å². The quantitative estimate of drug-likeness (QED) is 0.810. The number of hydrogen-bond acceptors (Lipinski definition) is 2. The molecule has 2 aromatic rings. The maximum Gasteiger partial charge on any atom is 0.326 e. The second kappa shape index (κ2) is 8.29. The van der Waals surface area contributed by atoms with E-state index in [9.17, 15) is 14.7 Å². The van der Waals surface area contributed by atoms with Crippen LogP contribution in [-0.4, -0.2) is 23.0 Å². The van der Waals surface area contributed by atoms with Crippen LogP contribution in [0, 0.1) is 0 Å². The van der Waals surface area contributed by atoms with Crippen molar-refractivity contribution in [3.63, 3.8) is 0 Å². The van der Waals surface area contributed by atoms with E-state index in [1.807, 2.05) is 36.4 Å². The van der Waals surface area contributed by atoms with Crippen LogP contribution in [0.15, 0.2) is 65.1 Å². The topological polar surface area (TPSA) is 66.4 Å². The Morgan fingerprint density at radius 3 is 2.52 bits per heavy atom. The van der Waals surface area contributed by atoms with E-state index in [1.54, 1.807) is 30.3 Å². The molecule has 4 nitrogen and oxygen atoms in total. The van der Waals surface area contributed by atoms with Crippen molar-refractivity contribution >= 4 is 33.9 Å². The van der Waals surface area contributed by atoms with Crippen LogP contribution in [0.3, 0.4) is 0 Å². The Hall–Kier alpha value is -2.40. The van der Waals surface area contributed by atoms with Gasteiger partial charge in [-0.25, -0.2) is 4.79 Å². The van der Waals surface area contributed by atoms with Gasteiger partial charge in [-0.2, -0.15) is 0 Å². The normalized spacial score (nSPS) is 12.0. The Labute approximate surface area is 143 Å². The van der Waals surface area contributed by atoms with E-state index in [-0.39, 0.29) is 6.42 Å². The number of hydrogen-bond donors (Lipinski definition) is 2. The smallest absolute Gasteiger partial charge is 0.326 e. The summed E-state index contributed by atoms with van der Waals surface area (Å²) in [4.78, 5) is 23.4. The van der Waals surface area contributed by atoms with E-state index >= 15 is 0 Å². The lowest BCUT2D eigenvalue weighted by molar-refractivity contribution is -0.139. The maximum atomic E-state index is 12.1. The minimum absolute atomic E-state index is 0.212. The highest BCUT2D eigenvalue weighted by Gasteiger charge is 2.19. The largest absolute Gasteiger partial charge is 0.480 e. The Bertz CT molecular complexity index is 713. The number of carbonyl (C=O) groups is 2. The van der Waals surface area contributed by atoms with Gasteiger partial charge in [-0.1, -0.05) is 64.5 Å². The number of halogens is 1. The molecule has 1 atom stereocenters. The van der Waals surface area contributed by atoms with Gasteiger partial charge in [-0.15, -0.1) is 0 Å². The highest BCUT2D eigenvalue weighted by atomic mass is 79.9. The van der Waals surface area contributed by atoms with Crippen molar-refractivity contribution in [1.82, 2.24) is 5.32 Å². The zero-order valence-electron chi connectivity index (χ0n) is 12.3. The number of carbonyl (C=O) groups excluding carboxylic acids is 1. The van der Waals surface area contributed by atoms with E-state index in [0.717, 1.165) is 10.0 Å². The van der Waals surface area contributed by atoms with Crippen LogP contribution in [-0.2, 0) is 4.79 Å². The Morgan fingerprint density at radius 2 is 1.87 bits per heavy atom. The highest BCUT2D eigenvalue weighted by molar-refractivity contribution is 9.10. The van der Waals surface area contributed by atoms with Gasteiger partial charge in [0.15, 0.2) is 0 Å². The van der Waals surface area contributed by atoms with Crippen LogP contribution in [0.1, 0.15) is 22.3 Å². The summed E-state index contributed by atoms with van der Waals surface area (Å²) in [6.45, 7) is 0. The molecule has 0 saturated heterocycles. The summed E-state index contributed by atoms with van der Waals surface area (Å²) < 4.78 is 0.765. The van der Waals surface area contributed by atoms with E-state index in [1.165, 1.54) is 0 Å². The second-order valence-electron chi connectivity index (χ2n) is 4.92. The first-order valence-electron chi connectivity index (χ1n) is 7.07. The molecular weight excluding hydrogens is 358 g/mol. The lowest BCUT2D eigenvalue weighted by atomic mass is 10.1. The van der Waals surface area contributed by atoms with Gasteiger partial charge in [-0.3, -0.25) is 4.79 Å². The molecule has 0 spiro atoms. The number of benzene rings is 2. The van der Waals surface area contributed by atoms with Crippen LogP contribution >= 0.6 is 15.9 Å². The third-order valence-corrected chi connectivity index (χ3v) is 3.67. The van der Waals surface area contributed by atoms with Crippen LogP contribution in [0.4, 0.5) is 0 Å². The van der Waals surface area contributed by atoms with Crippen molar-refractivity contribution in [3.05, 3.63) is 76.3 Å². The van der Waals surface area contributed by atoms with Gasteiger partial charge in [0, 0.05) is 10.0 Å². The standard InChI is InChI=1S/C18H16BrNO3/c19-15-10-5-9-14(12-15)17(21)20-16(18(22)23)11-4-8-13-6-2-1-3-7-13/h1-10,12,16H,11H2,(H,20,21)(H,22,23)/b8-4+/t16-/m1/s1. The molecule has 1 amide bonds. The summed E-state index contributed by atoms with van der Waals surface area (Å²) in [5, 5.41) is 11.8. The molecule has 2 aromatic carbocycles. The SMILES string of the molecule is O=C(N[C@H](C/C=C/c1ccccc1)C(=O)O)c1cccc(Br)c1. The second-order valence-corrected chi connectivity index (χ2v) is 5.84. The molecule has 118 valence electrons. The van der Waals surface area contributed by atoms with E-state index in [2.05, 4.69) is 21.2 Å². The van der Waals surface area contributed by atoms with Crippen LogP contribution in [0.5, 0.6) is 0 Å². The summed E-state index contributed by atoms with van der Waals surface area (Å²) in [7, 11) is 0. The molecule has 0 heterocycles. The van der Waals surface area contributed by atoms with Crippen molar-refractivity contribution in [2.45, 2.75) is 12.5 Å². The molecule has 0 saturated carbocycles. The number of carboxylic acids is 1. The van der Waals surface area contributed by atoms with Gasteiger partial charge in [0.2, 0.25) is 0 Å². The zero-order chi connectivity index (χ0) is 16.7. The third kappa shape index (κ3) is 5.38. The monoisotopic (exact) mass is 373 g/mol. The number of rotatable bonds is 6. The lowest BCUT2D eigenvalue weighted by Crippen LogP contribution is -2.40. The average molecular weight is 374 g/mol. The predicted molar refractivity (Wildman–Crippen MR) is 93.1 cm³/mol. The van der Waals surface area contributed by atoms with Gasteiger partial charge in [-0.05, 0) is 30.2 Å². The lowest BCUT2D eigenvalue weighted by Gasteiger charge is -2.12. The van der Waals surface area contributed by atoms with Gasteiger partial charge >= 0.3 is 5.97 Å². The molecule has 5 heteroatoms. The Kier molecular flexibility index (Phi) is 6.11. The molecule has 0 unspecified atom stereocenters. The van der Waals surface area contributed by atoms with E-state index in [0.29, 0.717) is 5.56 Å². The first-order valence-corrected chi connectivity index (χ1v) is 7.86. The summed E-state index contributed by atoms with van der Waals surface area (Å²) >= 11 is 3.29. The van der Waals surface area contributed by atoms with E-state index < -0.39 is 17.9 Å². The fraction of sp³-hybridized carbons (Fsp3) is 0.111. The first kappa shape index (κ1) is 17.0. The molecular formula is C18H16BrNO3. The summed E-state index contributed by atoms with van der Waals surface area (Å²) in [6, 6.07) is 15.4. The van der Waals surface area contributed by atoms with Crippen molar-refractivity contribution in [2.24, 2.45) is 0 Å². The Morgan fingerprint density at radius 1 is 1.13 bits per heavy atom. The molecule has 0 fully saturated rings. The van der Waals surface area contributed by atoms with Crippen molar-refractivity contribution in [1.29, 1.82) is 0 Å². The van der Waals surface area contributed by atoms with Gasteiger partial charge in [0.1, 0.15) is 6.04 Å². The average Bonchev–Trinajstić information content (AvgIpc) is 2.54. The maximum absolute atomic E-state index is 12.1. The van der Waals surface area contributed by atoms with Gasteiger partial charge in [0.05, 0.1) is 0 Å². The fourth-order valence-electron chi connectivity index (χ4n) is 2.00. The molecule has 2 N–H and O–H groups in total.